The van der Waals surface area contributed by atoms with Gasteiger partial charge in [0, 0.05) is 57.1 Å². The van der Waals surface area contributed by atoms with E-state index in [1.165, 1.54) is 34.5 Å². The van der Waals surface area contributed by atoms with Gasteiger partial charge in [-0.05, 0) is 24.3 Å². The third-order valence-electron chi connectivity index (χ3n) is 5.66. The summed E-state index contributed by atoms with van der Waals surface area (Å²) in [5, 5.41) is 0. The number of hydrogen-bond donors (Lipinski definition) is 0. The monoisotopic (exact) mass is 481 g/mol. The molecule has 1 aliphatic rings. The van der Waals surface area contributed by atoms with Crippen LogP contribution in [0, 0.1) is 11.6 Å². The quantitative estimate of drug-likeness (QED) is 0.580. The maximum Gasteiger partial charge on any atom is 0.256 e. The van der Waals surface area contributed by atoms with Crippen LogP contribution >= 0.6 is 0 Å². The zero-order valence-corrected chi connectivity index (χ0v) is 19.9. The number of benzene rings is 2. The first-order chi connectivity index (χ1) is 15.7. The Morgan fingerprint density at radius 2 is 1.73 bits per heavy atom. The zero-order valence-electron chi connectivity index (χ0n) is 19.1. The summed E-state index contributed by atoms with van der Waals surface area (Å²) in [5.74, 6) is -1.91. The minimum atomic E-state index is -3.78. The summed E-state index contributed by atoms with van der Waals surface area (Å²) in [7, 11) is -2.28. The summed E-state index contributed by atoms with van der Waals surface area (Å²) in [6, 6.07) is 7.73. The summed E-state index contributed by atoms with van der Waals surface area (Å²) < 4.78 is 60.3. The van der Waals surface area contributed by atoms with E-state index in [0.29, 0.717) is 45.1 Å². The van der Waals surface area contributed by atoms with Crippen LogP contribution < -0.4 is 4.90 Å². The molecule has 1 fully saturated rings. The molecule has 1 heterocycles. The number of carbonyl (C=O) groups is 1. The van der Waals surface area contributed by atoms with E-state index in [1.54, 1.807) is 19.9 Å². The van der Waals surface area contributed by atoms with E-state index in [-0.39, 0.29) is 22.6 Å². The molecule has 7 nitrogen and oxygen atoms in total. The molecule has 33 heavy (non-hydrogen) atoms. The highest BCUT2D eigenvalue weighted by Crippen LogP contribution is 2.28. The molecule has 180 valence electrons. The molecule has 1 aliphatic heterocycles. The van der Waals surface area contributed by atoms with Crippen molar-refractivity contribution in [1.82, 2.24) is 9.21 Å². The first kappa shape index (κ1) is 25.1. The summed E-state index contributed by atoms with van der Waals surface area (Å²) in [4.78, 5) is 16.7. The van der Waals surface area contributed by atoms with Crippen molar-refractivity contribution in [1.29, 1.82) is 0 Å². The van der Waals surface area contributed by atoms with Crippen LogP contribution in [0.25, 0.3) is 0 Å². The molecule has 3 rings (SSSR count). The van der Waals surface area contributed by atoms with E-state index in [1.807, 2.05) is 4.90 Å². The SMILES string of the molecule is CCN(CC)S(=O)(=O)c1ccc(N2CCOCC2)c(C(=O)N(C)Cc2ccc(F)cc2F)c1. The number of hydrogen-bond acceptors (Lipinski definition) is 5. The Balaban J connectivity index is 2.01. The van der Waals surface area contributed by atoms with E-state index in [0.717, 1.165) is 12.1 Å². The van der Waals surface area contributed by atoms with Gasteiger partial charge in [-0.15, -0.1) is 0 Å². The molecular weight excluding hydrogens is 452 g/mol. The predicted octanol–water partition coefficient (Wildman–Crippen LogP) is 3.10. The van der Waals surface area contributed by atoms with E-state index in [4.69, 9.17) is 4.74 Å². The molecule has 1 amide bonds. The van der Waals surface area contributed by atoms with Gasteiger partial charge in [0.15, 0.2) is 0 Å². The summed E-state index contributed by atoms with van der Waals surface area (Å²) in [6.45, 7) is 6.10. The van der Waals surface area contributed by atoms with Crippen LogP contribution in [0.5, 0.6) is 0 Å². The highest BCUT2D eigenvalue weighted by molar-refractivity contribution is 7.89. The smallest absolute Gasteiger partial charge is 0.256 e. The largest absolute Gasteiger partial charge is 0.378 e. The number of sulfonamides is 1. The van der Waals surface area contributed by atoms with Gasteiger partial charge in [-0.2, -0.15) is 4.31 Å². The Kier molecular flexibility index (Phi) is 8.04. The van der Waals surface area contributed by atoms with Crippen molar-refractivity contribution in [2.75, 3.05) is 51.3 Å². The van der Waals surface area contributed by atoms with Gasteiger partial charge in [-0.25, -0.2) is 17.2 Å². The molecule has 10 heteroatoms. The summed E-state index contributed by atoms with van der Waals surface area (Å²) in [5.41, 5.74) is 0.954. The van der Waals surface area contributed by atoms with Gasteiger partial charge in [-0.1, -0.05) is 19.9 Å². The molecule has 2 aromatic carbocycles. The fourth-order valence-corrected chi connectivity index (χ4v) is 5.31. The van der Waals surface area contributed by atoms with Crippen molar-refractivity contribution >= 4 is 21.6 Å². The number of amides is 1. The highest BCUT2D eigenvalue weighted by atomic mass is 32.2. The number of halogens is 2. The van der Waals surface area contributed by atoms with Gasteiger partial charge in [0.05, 0.1) is 23.7 Å². The van der Waals surface area contributed by atoms with Gasteiger partial charge in [0.1, 0.15) is 11.6 Å². The minimum Gasteiger partial charge on any atom is -0.378 e. The third-order valence-corrected chi connectivity index (χ3v) is 7.71. The van der Waals surface area contributed by atoms with E-state index in [9.17, 15) is 22.0 Å². The molecule has 2 aromatic rings. The number of rotatable bonds is 8. The van der Waals surface area contributed by atoms with E-state index in [2.05, 4.69) is 0 Å². The van der Waals surface area contributed by atoms with E-state index >= 15 is 0 Å². The lowest BCUT2D eigenvalue weighted by Crippen LogP contribution is -2.38. The van der Waals surface area contributed by atoms with Gasteiger partial charge < -0.3 is 14.5 Å². The zero-order chi connectivity index (χ0) is 24.2. The number of ether oxygens (including phenoxy) is 1. The molecule has 0 aliphatic carbocycles. The number of morpholine rings is 1. The normalized spacial score (nSPS) is 14.5. The summed E-state index contributed by atoms with van der Waals surface area (Å²) >= 11 is 0. The van der Waals surface area contributed by atoms with Crippen molar-refractivity contribution in [3.8, 4) is 0 Å². The third kappa shape index (κ3) is 5.51. The lowest BCUT2D eigenvalue weighted by atomic mass is 10.1. The maximum atomic E-state index is 14.1. The van der Waals surface area contributed by atoms with Crippen molar-refractivity contribution in [3.63, 3.8) is 0 Å². The first-order valence-electron chi connectivity index (χ1n) is 10.8. The molecule has 0 aromatic heterocycles. The molecule has 0 spiro atoms. The predicted molar refractivity (Wildman–Crippen MR) is 122 cm³/mol. The fraction of sp³-hybridized carbons (Fsp3) is 0.435. The van der Waals surface area contributed by atoms with Crippen LogP contribution in [0.1, 0.15) is 29.8 Å². The van der Waals surface area contributed by atoms with Gasteiger partial charge in [0.25, 0.3) is 5.91 Å². The van der Waals surface area contributed by atoms with Crippen molar-refractivity contribution in [3.05, 3.63) is 59.2 Å². The number of carbonyl (C=O) groups excluding carboxylic acids is 1. The average Bonchev–Trinajstić information content (AvgIpc) is 2.81. The second-order valence-electron chi connectivity index (χ2n) is 7.76. The first-order valence-corrected chi connectivity index (χ1v) is 12.3. The molecule has 1 saturated heterocycles. The van der Waals surface area contributed by atoms with Crippen LogP contribution in [-0.4, -0.2) is 70.0 Å². The second kappa shape index (κ2) is 10.6. The molecule has 0 radical (unpaired) electrons. The Morgan fingerprint density at radius 1 is 1.06 bits per heavy atom. The Bertz CT molecular complexity index is 1100. The van der Waals surface area contributed by atoms with Crippen molar-refractivity contribution in [2.45, 2.75) is 25.3 Å². The lowest BCUT2D eigenvalue weighted by molar-refractivity contribution is 0.0783. The van der Waals surface area contributed by atoms with Crippen LogP contribution in [0.4, 0.5) is 14.5 Å². The maximum absolute atomic E-state index is 14.1. The number of anilines is 1. The number of nitrogens with zero attached hydrogens (tertiary/aromatic N) is 3. The van der Waals surface area contributed by atoms with Gasteiger partial charge in [-0.3, -0.25) is 4.79 Å². The van der Waals surface area contributed by atoms with Crippen molar-refractivity contribution in [2.24, 2.45) is 0 Å². The summed E-state index contributed by atoms with van der Waals surface area (Å²) in [6.07, 6.45) is 0. The Hall–Kier alpha value is -2.56. The molecule has 0 unspecified atom stereocenters. The van der Waals surface area contributed by atoms with Gasteiger partial charge >= 0.3 is 0 Å². The molecule has 0 atom stereocenters. The van der Waals surface area contributed by atoms with E-state index < -0.39 is 27.6 Å². The molecule has 0 N–H and O–H groups in total. The standard InChI is InChI=1S/C23H29F2N3O4S/c1-4-28(5-2)33(30,31)19-8-9-22(27-10-12-32-13-11-27)20(15-19)23(29)26(3)16-17-6-7-18(24)14-21(17)25/h6-9,14-15H,4-5,10-13,16H2,1-3H3. The minimum absolute atomic E-state index is 0.0212. The molecular formula is C23H29F2N3O4S. The van der Waals surface area contributed by atoms with Crippen LogP contribution in [0.3, 0.4) is 0 Å². The van der Waals surface area contributed by atoms with Crippen LogP contribution in [-0.2, 0) is 21.3 Å². The Labute approximate surface area is 193 Å². The van der Waals surface area contributed by atoms with Crippen molar-refractivity contribution < 1.29 is 26.7 Å². The second-order valence-corrected chi connectivity index (χ2v) is 9.70. The van der Waals surface area contributed by atoms with Gasteiger partial charge in [0.2, 0.25) is 10.0 Å². The lowest BCUT2D eigenvalue weighted by Gasteiger charge is -2.31. The van der Waals surface area contributed by atoms with Crippen LogP contribution in [0.15, 0.2) is 41.3 Å². The Morgan fingerprint density at radius 3 is 2.33 bits per heavy atom. The van der Waals surface area contributed by atoms with Crippen LogP contribution in [0.2, 0.25) is 0 Å². The highest BCUT2D eigenvalue weighted by Gasteiger charge is 2.27. The molecule has 0 bridgehead atoms. The molecule has 0 saturated carbocycles. The fourth-order valence-electron chi connectivity index (χ4n) is 3.82. The average molecular weight is 482 g/mol. The topological polar surface area (TPSA) is 70.2 Å².